The molecule has 0 aromatic rings. The summed E-state index contributed by atoms with van der Waals surface area (Å²) < 4.78 is 0. The van der Waals surface area contributed by atoms with E-state index in [1.807, 2.05) is 13.8 Å². The van der Waals surface area contributed by atoms with Gasteiger partial charge in [0.15, 0.2) is 6.61 Å². The zero-order chi connectivity index (χ0) is 13.7. The van der Waals surface area contributed by atoms with E-state index in [0.717, 1.165) is 0 Å². The molecule has 0 aliphatic carbocycles. The molecular formula is C11H18N2O5. The largest absolute Gasteiger partial charge is 0.479 e. The molecule has 1 rings (SSSR count). The van der Waals surface area contributed by atoms with E-state index in [4.69, 9.17) is 5.11 Å². The minimum absolute atomic E-state index is 0.0536. The van der Waals surface area contributed by atoms with Gasteiger partial charge in [-0.05, 0) is 5.92 Å². The van der Waals surface area contributed by atoms with E-state index < -0.39 is 24.4 Å². The Balaban J connectivity index is 2.37. The molecule has 0 saturated carbocycles. The first-order chi connectivity index (χ1) is 8.40. The molecule has 1 heterocycles. The van der Waals surface area contributed by atoms with Crippen LogP contribution in [0.25, 0.3) is 0 Å². The van der Waals surface area contributed by atoms with Gasteiger partial charge < -0.3 is 10.0 Å². The summed E-state index contributed by atoms with van der Waals surface area (Å²) in [5.41, 5.74) is 2.05. The molecule has 1 fully saturated rings. The van der Waals surface area contributed by atoms with Crippen LogP contribution in [0.15, 0.2) is 0 Å². The van der Waals surface area contributed by atoms with E-state index in [1.165, 1.54) is 0 Å². The lowest BCUT2D eigenvalue weighted by Gasteiger charge is -2.18. The third kappa shape index (κ3) is 4.33. The van der Waals surface area contributed by atoms with E-state index in [1.54, 1.807) is 4.90 Å². The number of aliphatic carboxylic acids is 1. The Hall–Kier alpha value is -1.63. The molecule has 7 nitrogen and oxygen atoms in total. The highest BCUT2D eigenvalue weighted by Gasteiger charge is 2.34. The van der Waals surface area contributed by atoms with Crippen molar-refractivity contribution in [3.63, 3.8) is 0 Å². The number of hydrogen-bond acceptors (Lipinski definition) is 4. The number of nitrogens with one attached hydrogen (secondary N) is 1. The van der Waals surface area contributed by atoms with E-state index >= 15 is 0 Å². The van der Waals surface area contributed by atoms with Crippen molar-refractivity contribution < 1.29 is 24.3 Å². The molecule has 0 aromatic carbocycles. The number of nitrogens with zero attached hydrogens (tertiary/aromatic N) is 1. The Morgan fingerprint density at radius 1 is 1.56 bits per heavy atom. The fourth-order valence-corrected chi connectivity index (χ4v) is 1.82. The molecule has 0 radical (unpaired) electrons. The van der Waals surface area contributed by atoms with Crippen molar-refractivity contribution in [3.05, 3.63) is 0 Å². The molecule has 1 unspecified atom stereocenters. The van der Waals surface area contributed by atoms with Crippen LogP contribution >= 0.6 is 0 Å². The summed E-state index contributed by atoms with van der Waals surface area (Å²) in [6, 6.07) is 0. The fraction of sp³-hybridized carbons (Fsp3) is 0.727. The highest BCUT2D eigenvalue weighted by atomic mass is 16.7. The van der Waals surface area contributed by atoms with Crippen LogP contribution < -0.4 is 5.48 Å². The first-order valence-electron chi connectivity index (χ1n) is 5.81. The van der Waals surface area contributed by atoms with Gasteiger partial charge in [0.25, 0.3) is 0 Å². The first kappa shape index (κ1) is 14.4. The van der Waals surface area contributed by atoms with Gasteiger partial charge >= 0.3 is 5.97 Å². The Kier molecular flexibility index (Phi) is 5.08. The summed E-state index contributed by atoms with van der Waals surface area (Å²) in [7, 11) is 0. The lowest BCUT2D eigenvalue weighted by atomic mass is 10.1. The lowest BCUT2D eigenvalue weighted by Crippen LogP contribution is -2.35. The van der Waals surface area contributed by atoms with Crippen molar-refractivity contribution >= 4 is 17.8 Å². The minimum Gasteiger partial charge on any atom is -0.479 e. The Morgan fingerprint density at radius 3 is 2.78 bits per heavy atom. The number of carbonyl (C=O) groups excluding carboxylic acids is 2. The van der Waals surface area contributed by atoms with E-state index in [2.05, 4.69) is 10.3 Å². The van der Waals surface area contributed by atoms with Gasteiger partial charge in [-0.3, -0.25) is 14.4 Å². The number of hydroxylamine groups is 1. The summed E-state index contributed by atoms with van der Waals surface area (Å²) >= 11 is 0. The molecule has 2 amide bonds. The van der Waals surface area contributed by atoms with Gasteiger partial charge in [0.05, 0.1) is 5.92 Å². The maximum Gasteiger partial charge on any atom is 0.332 e. The number of carbonyl (C=O) groups is 3. The van der Waals surface area contributed by atoms with Crippen molar-refractivity contribution in [2.75, 3.05) is 19.7 Å². The number of rotatable bonds is 6. The van der Waals surface area contributed by atoms with Crippen LogP contribution in [-0.4, -0.2) is 47.5 Å². The third-order valence-electron chi connectivity index (χ3n) is 2.54. The molecule has 1 aliphatic heterocycles. The molecule has 0 bridgehead atoms. The molecule has 1 aliphatic rings. The normalized spacial score (nSPS) is 19.4. The van der Waals surface area contributed by atoms with Gasteiger partial charge in [-0.25, -0.2) is 10.3 Å². The van der Waals surface area contributed by atoms with Gasteiger partial charge in [0.2, 0.25) is 11.8 Å². The molecule has 1 saturated heterocycles. The van der Waals surface area contributed by atoms with E-state index in [-0.39, 0.29) is 12.3 Å². The molecular weight excluding hydrogens is 240 g/mol. The molecule has 2 N–H and O–H groups in total. The Bertz CT molecular complexity index is 342. The maximum absolute atomic E-state index is 11.6. The average Bonchev–Trinajstić information content (AvgIpc) is 2.59. The van der Waals surface area contributed by atoms with Gasteiger partial charge in [-0.15, -0.1) is 0 Å². The summed E-state index contributed by atoms with van der Waals surface area (Å²) in [6.45, 7) is 4.38. The number of amides is 2. The van der Waals surface area contributed by atoms with Gasteiger partial charge in [0.1, 0.15) is 0 Å². The third-order valence-corrected chi connectivity index (χ3v) is 2.54. The molecule has 0 aromatic heterocycles. The second kappa shape index (κ2) is 6.34. The van der Waals surface area contributed by atoms with Crippen LogP contribution in [0.5, 0.6) is 0 Å². The van der Waals surface area contributed by atoms with Crippen molar-refractivity contribution in [2.24, 2.45) is 11.8 Å². The topological polar surface area (TPSA) is 95.9 Å². The highest BCUT2D eigenvalue weighted by molar-refractivity contribution is 5.88. The lowest BCUT2D eigenvalue weighted by molar-refractivity contribution is -0.150. The second-order valence-corrected chi connectivity index (χ2v) is 4.74. The molecule has 102 valence electrons. The smallest absolute Gasteiger partial charge is 0.332 e. The summed E-state index contributed by atoms with van der Waals surface area (Å²) in [5.74, 6) is -1.79. The van der Waals surface area contributed by atoms with Crippen molar-refractivity contribution in [1.82, 2.24) is 10.4 Å². The van der Waals surface area contributed by atoms with Crippen LogP contribution in [0.2, 0.25) is 0 Å². The van der Waals surface area contributed by atoms with E-state index in [9.17, 15) is 14.4 Å². The molecule has 7 heteroatoms. The predicted molar refractivity (Wildman–Crippen MR) is 61.3 cm³/mol. The van der Waals surface area contributed by atoms with Gasteiger partial charge in [-0.2, -0.15) is 0 Å². The van der Waals surface area contributed by atoms with Crippen LogP contribution in [0.3, 0.4) is 0 Å². The quantitative estimate of drug-likeness (QED) is 0.633. The summed E-state index contributed by atoms with van der Waals surface area (Å²) in [4.78, 5) is 39.5. The van der Waals surface area contributed by atoms with Crippen LogP contribution in [0, 0.1) is 11.8 Å². The number of likely N-dealkylation sites (tertiary alicyclic amines) is 1. The first-order valence-corrected chi connectivity index (χ1v) is 5.81. The number of carboxylic acid groups (broad SMARTS) is 1. The van der Waals surface area contributed by atoms with Crippen LogP contribution in [-0.2, 0) is 19.2 Å². The standard InChI is InChI=1S/C11H18N2O5/c1-7(2)4-13-5-8(3-9(13)14)11(17)12-18-6-10(15)16/h7-8H,3-6H2,1-2H3,(H,12,17)(H,15,16). The monoisotopic (exact) mass is 258 g/mol. The zero-order valence-electron chi connectivity index (χ0n) is 10.5. The van der Waals surface area contributed by atoms with Crippen molar-refractivity contribution in [3.8, 4) is 0 Å². The number of hydrogen-bond donors (Lipinski definition) is 2. The summed E-state index contributed by atoms with van der Waals surface area (Å²) in [5, 5.41) is 8.34. The average molecular weight is 258 g/mol. The fourth-order valence-electron chi connectivity index (χ4n) is 1.82. The predicted octanol–water partition coefficient (Wildman–Crippen LogP) is -0.377. The highest BCUT2D eigenvalue weighted by Crippen LogP contribution is 2.19. The summed E-state index contributed by atoms with van der Waals surface area (Å²) in [6.07, 6.45) is 0.148. The zero-order valence-corrected chi connectivity index (χ0v) is 10.5. The van der Waals surface area contributed by atoms with Crippen LogP contribution in [0.4, 0.5) is 0 Å². The molecule has 0 spiro atoms. The van der Waals surface area contributed by atoms with Gasteiger partial charge in [-0.1, -0.05) is 13.8 Å². The maximum atomic E-state index is 11.6. The van der Waals surface area contributed by atoms with E-state index in [0.29, 0.717) is 19.0 Å². The Labute approximate surface area is 105 Å². The SMILES string of the molecule is CC(C)CN1CC(C(=O)NOCC(=O)O)CC1=O. The number of carboxylic acids is 1. The van der Waals surface area contributed by atoms with Crippen LogP contribution in [0.1, 0.15) is 20.3 Å². The van der Waals surface area contributed by atoms with Crippen molar-refractivity contribution in [1.29, 1.82) is 0 Å². The van der Waals surface area contributed by atoms with Crippen molar-refractivity contribution in [2.45, 2.75) is 20.3 Å². The molecule has 1 atom stereocenters. The van der Waals surface area contributed by atoms with Gasteiger partial charge in [0, 0.05) is 19.5 Å². The Morgan fingerprint density at radius 2 is 2.22 bits per heavy atom. The second-order valence-electron chi connectivity index (χ2n) is 4.74. The minimum atomic E-state index is -1.17. The molecule has 18 heavy (non-hydrogen) atoms.